The first kappa shape index (κ1) is 30.5. The highest BCUT2D eigenvalue weighted by Crippen LogP contribution is 2.30. The van der Waals surface area contributed by atoms with Gasteiger partial charge in [0, 0.05) is 14.0 Å². The van der Waals surface area contributed by atoms with Crippen LogP contribution in [0.1, 0.15) is 13.8 Å². The molecule has 3 aliphatic heterocycles. The third kappa shape index (κ3) is 6.56. The van der Waals surface area contributed by atoms with Gasteiger partial charge in [-0.3, -0.25) is 4.79 Å². The first-order valence-electron chi connectivity index (χ1n) is 11.8. The quantitative estimate of drug-likeness (QED) is 0.138. The predicted octanol–water partition coefficient (Wildman–Crippen LogP) is -5.75. The van der Waals surface area contributed by atoms with Crippen molar-refractivity contribution in [1.29, 1.82) is 0 Å². The molecule has 0 aliphatic carbocycles. The number of carbonyl (C=O) groups excluding carboxylic acids is 1. The molecule has 0 aromatic rings. The molecule has 0 aromatic carbocycles. The van der Waals surface area contributed by atoms with Crippen LogP contribution in [0.2, 0.25) is 0 Å². The van der Waals surface area contributed by atoms with E-state index in [2.05, 4.69) is 5.32 Å². The number of amides is 1. The summed E-state index contributed by atoms with van der Waals surface area (Å²) in [6.45, 7) is 1.44. The second kappa shape index (κ2) is 12.8. The first-order valence-corrected chi connectivity index (χ1v) is 11.8. The zero-order chi connectivity index (χ0) is 27.6. The maximum absolute atomic E-state index is 11.6. The van der Waals surface area contributed by atoms with Crippen LogP contribution in [0, 0.1) is 0 Å². The molecule has 1 amide bonds. The molecule has 9 N–H and O–H groups in total. The van der Waals surface area contributed by atoms with E-state index in [0.717, 1.165) is 6.92 Å². The number of hydrogen-bond donors (Lipinski definition) is 9. The molecule has 0 bridgehead atoms. The molecule has 0 spiro atoms. The molecule has 216 valence electrons. The second-order valence-electron chi connectivity index (χ2n) is 9.30. The summed E-state index contributed by atoms with van der Waals surface area (Å²) in [5, 5.41) is 84.2. The maximum Gasteiger partial charge on any atom is 0.217 e. The van der Waals surface area contributed by atoms with Crippen LogP contribution in [-0.2, 0) is 33.2 Å². The van der Waals surface area contributed by atoms with Crippen molar-refractivity contribution in [1.82, 2.24) is 5.32 Å². The van der Waals surface area contributed by atoms with Crippen LogP contribution in [-0.4, -0.2) is 159 Å². The molecule has 3 heterocycles. The van der Waals surface area contributed by atoms with E-state index < -0.39 is 111 Å². The number of rotatable bonds is 8. The molecule has 0 unspecified atom stereocenters. The van der Waals surface area contributed by atoms with Gasteiger partial charge in [-0.25, -0.2) is 0 Å². The van der Waals surface area contributed by atoms with Gasteiger partial charge >= 0.3 is 0 Å². The number of ether oxygens (including phenoxy) is 6. The van der Waals surface area contributed by atoms with Crippen LogP contribution in [0.3, 0.4) is 0 Å². The summed E-state index contributed by atoms with van der Waals surface area (Å²) in [6.07, 6.45) is -20.1. The van der Waals surface area contributed by atoms with Crippen LogP contribution >= 0.6 is 0 Å². The van der Waals surface area contributed by atoms with E-state index >= 15 is 0 Å². The Morgan fingerprint density at radius 1 is 0.811 bits per heavy atom. The molecule has 16 heteroatoms. The van der Waals surface area contributed by atoms with Gasteiger partial charge < -0.3 is 74.6 Å². The molecule has 37 heavy (non-hydrogen) atoms. The lowest BCUT2D eigenvalue weighted by atomic mass is 9.95. The molecule has 0 aromatic heterocycles. The van der Waals surface area contributed by atoms with Crippen molar-refractivity contribution in [3.8, 4) is 0 Å². The van der Waals surface area contributed by atoms with Gasteiger partial charge in [0.05, 0.1) is 19.3 Å². The second-order valence-corrected chi connectivity index (χ2v) is 9.30. The molecule has 3 aliphatic rings. The highest BCUT2D eigenvalue weighted by molar-refractivity contribution is 5.73. The van der Waals surface area contributed by atoms with Gasteiger partial charge in [-0.2, -0.15) is 0 Å². The van der Waals surface area contributed by atoms with E-state index in [4.69, 9.17) is 28.4 Å². The number of nitrogens with one attached hydrogen (secondary N) is 1. The minimum Gasteiger partial charge on any atom is -0.394 e. The summed E-state index contributed by atoms with van der Waals surface area (Å²) in [4.78, 5) is 11.6. The lowest BCUT2D eigenvalue weighted by Gasteiger charge is -2.47. The average molecular weight is 544 g/mol. The molecule has 0 radical (unpaired) electrons. The van der Waals surface area contributed by atoms with E-state index in [1.165, 1.54) is 14.0 Å². The average Bonchev–Trinajstić information content (AvgIpc) is 2.85. The topological polar surface area (TPSA) is 246 Å². The van der Waals surface area contributed by atoms with Crippen LogP contribution in [0.15, 0.2) is 0 Å². The summed E-state index contributed by atoms with van der Waals surface area (Å²) >= 11 is 0. The summed E-state index contributed by atoms with van der Waals surface area (Å²) in [6, 6.07) is -1.37. The van der Waals surface area contributed by atoms with Crippen molar-refractivity contribution < 1.29 is 74.1 Å². The van der Waals surface area contributed by atoms with Gasteiger partial charge in [-0.15, -0.1) is 0 Å². The van der Waals surface area contributed by atoms with Crippen molar-refractivity contribution in [2.24, 2.45) is 0 Å². The lowest BCUT2D eigenvalue weighted by Crippen LogP contribution is -2.67. The van der Waals surface area contributed by atoms with E-state index in [0.29, 0.717) is 0 Å². The van der Waals surface area contributed by atoms with Crippen LogP contribution in [0.4, 0.5) is 0 Å². The Hall–Kier alpha value is -1.09. The summed E-state index contributed by atoms with van der Waals surface area (Å²) in [5.74, 6) is -0.600. The van der Waals surface area contributed by atoms with E-state index in [1.807, 2.05) is 0 Å². The van der Waals surface area contributed by atoms with Crippen molar-refractivity contribution in [2.75, 3.05) is 20.3 Å². The Labute approximate surface area is 212 Å². The van der Waals surface area contributed by atoms with E-state index in [-0.39, 0.29) is 0 Å². The predicted molar refractivity (Wildman–Crippen MR) is 116 cm³/mol. The van der Waals surface area contributed by atoms with Crippen molar-refractivity contribution in [2.45, 2.75) is 106 Å². The zero-order valence-electron chi connectivity index (χ0n) is 20.5. The first-order chi connectivity index (χ1) is 17.4. The Morgan fingerprint density at radius 2 is 1.49 bits per heavy atom. The van der Waals surface area contributed by atoms with Crippen molar-refractivity contribution in [3.63, 3.8) is 0 Å². The zero-order valence-corrected chi connectivity index (χ0v) is 20.5. The number of aliphatic hydroxyl groups is 8. The molecule has 3 rings (SSSR count). The number of methoxy groups -OCH3 is 1. The highest BCUT2D eigenvalue weighted by atomic mass is 16.7. The molecule has 0 saturated carbocycles. The maximum atomic E-state index is 11.6. The number of aliphatic hydroxyl groups excluding tert-OH is 8. The molecule has 3 fully saturated rings. The van der Waals surface area contributed by atoms with Gasteiger partial charge in [0.25, 0.3) is 0 Å². The Bertz CT molecular complexity index is 747. The minimum atomic E-state index is -1.73. The van der Waals surface area contributed by atoms with Crippen LogP contribution in [0.25, 0.3) is 0 Å². The summed E-state index contributed by atoms with van der Waals surface area (Å²) in [5.41, 5.74) is 0. The molecule has 15 atom stereocenters. The van der Waals surface area contributed by atoms with Crippen molar-refractivity contribution >= 4 is 5.91 Å². The highest BCUT2D eigenvalue weighted by Gasteiger charge is 2.52. The van der Waals surface area contributed by atoms with Gasteiger partial charge in [-0.1, -0.05) is 0 Å². The molecule has 3 saturated heterocycles. The summed E-state index contributed by atoms with van der Waals surface area (Å²) in [7, 11) is 1.22. The third-order valence-electron chi connectivity index (χ3n) is 6.68. The number of carbonyl (C=O) groups is 1. The standard InChI is InChI=1S/C21H37NO15/c1-6-11(25)14(28)15(29)20(34-6)33-5-9-17(13(27)10(19(31)35-9)22-7(2)24)37-21-16(30)18(32-3)12(26)8(4-23)36-21/h6,8-21,23,25-31H,4-5H2,1-3H3,(H,22,24)/t6-,8+,9+,10+,11+,12-,13+,14+,15-,16+,17+,18-,19+,20+,21-/m0/s1. The molecule has 16 nitrogen and oxygen atoms in total. The third-order valence-corrected chi connectivity index (χ3v) is 6.68. The Balaban J connectivity index is 1.79. The van der Waals surface area contributed by atoms with Crippen LogP contribution in [0.5, 0.6) is 0 Å². The Kier molecular flexibility index (Phi) is 10.6. The van der Waals surface area contributed by atoms with Crippen LogP contribution < -0.4 is 5.32 Å². The van der Waals surface area contributed by atoms with Crippen molar-refractivity contribution in [3.05, 3.63) is 0 Å². The molecular formula is C21H37NO15. The van der Waals surface area contributed by atoms with E-state index in [1.54, 1.807) is 0 Å². The van der Waals surface area contributed by atoms with Gasteiger partial charge in [0.1, 0.15) is 67.1 Å². The smallest absolute Gasteiger partial charge is 0.217 e. The fourth-order valence-electron chi connectivity index (χ4n) is 4.57. The number of hydrogen-bond acceptors (Lipinski definition) is 15. The largest absolute Gasteiger partial charge is 0.394 e. The van der Waals surface area contributed by atoms with Gasteiger partial charge in [0.15, 0.2) is 18.9 Å². The summed E-state index contributed by atoms with van der Waals surface area (Å²) < 4.78 is 32.7. The monoisotopic (exact) mass is 543 g/mol. The lowest BCUT2D eigenvalue weighted by molar-refractivity contribution is -0.354. The fourth-order valence-corrected chi connectivity index (χ4v) is 4.57. The Morgan fingerprint density at radius 3 is 2.08 bits per heavy atom. The SMILES string of the molecule is CO[C@H]1[C@@H](O)[C@@H](CO)O[C@@H](O[C@H]2[C@H](O)[C@@H](NC(C)=O)[C@H](O)O[C@@H]2CO[C@@H]2O[C@@H](C)[C@@H](O)[C@@H](O)[C@@H]2O)[C@@H]1O. The van der Waals surface area contributed by atoms with E-state index in [9.17, 15) is 45.6 Å². The minimum absolute atomic E-state index is 0.509. The molecular weight excluding hydrogens is 506 g/mol. The van der Waals surface area contributed by atoms with Gasteiger partial charge in [-0.05, 0) is 6.92 Å². The van der Waals surface area contributed by atoms with Gasteiger partial charge in [0.2, 0.25) is 5.91 Å². The normalized spacial score (nSPS) is 49.0. The fraction of sp³-hybridized carbons (Fsp3) is 0.952.